The summed E-state index contributed by atoms with van der Waals surface area (Å²) in [5.74, 6) is -5.45. The third kappa shape index (κ3) is 4.91. The van der Waals surface area contributed by atoms with Crippen LogP contribution < -0.4 is 4.74 Å². The molecule has 2 heterocycles. The van der Waals surface area contributed by atoms with Gasteiger partial charge in [0.1, 0.15) is 11.5 Å². The van der Waals surface area contributed by atoms with Gasteiger partial charge in [0.15, 0.2) is 0 Å². The fraction of sp³-hybridized carbons (Fsp3) is 0.188. The molecule has 1 aliphatic carbocycles. The van der Waals surface area contributed by atoms with Gasteiger partial charge in [-0.1, -0.05) is 53.4 Å². The number of rotatable bonds is 3. The number of ether oxygens (including phenoxy) is 1. The van der Waals surface area contributed by atoms with Crippen molar-refractivity contribution in [2.45, 2.75) is 20.2 Å². The molecular weight excluding hydrogens is 492 g/mol. The number of carbonyl (C=O) groups excluding carboxylic acids is 4. The Bertz CT molecular complexity index is 2200. The van der Waals surface area contributed by atoms with Gasteiger partial charge in [-0.05, 0) is 67.6 Å². The Labute approximate surface area is 246 Å². The average molecular weight is 535 g/mol. The van der Waals surface area contributed by atoms with Crippen LogP contribution in [0.15, 0.2) is 84.1 Å². The second kappa shape index (κ2) is 10.2. The van der Waals surface area contributed by atoms with E-state index in [2.05, 4.69) is 0 Å². The molecule has 0 saturated carbocycles. The summed E-state index contributed by atoms with van der Waals surface area (Å²) in [6.45, 7) is 2.90. The van der Waals surface area contributed by atoms with Crippen molar-refractivity contribution in [2.24, 2.45) is 5.92 Å². The largest absolute Gasteiger partial charge is 0.457 e. The number of amides is 4. The molecule has 6 rings (SSSR count). The minimum atomic E-state index is -1.60. The van der Waals surface area contributed by atoms with Crippen LogP contribution in [0.1, 0.15) is 63.0 Å². The normalized spacial score (nSPS) is 25.2. The van der Waals surface area contributed by atoms with Gasteiger partial charge in [0.05, 0.1) is 34.9 Å². The van der Waals surface area contributed by atoms with Gasteiger partial charge in [-0.25, -0.2) is 0 Å². The Morgan fingerprint density at radius 3 is 1.90 bits per heavy atom. The highest BCUT2D eigenvalue weighted by Gasteiger charge is 2.42. The molecule has 1 fully saturated rings. The van der Waals surface area contributed by atoms with E-state index in [0.29, 0.717) is 4.90 Å². The lowest BCUT2D eigenvalue weighted by atomic mass is 9.85. The highest BCUT2D eigenvalue weighted by molar-refractivity contribution is 6.21. The molecule has 1 saturated heterocycles. The highest BCUT2D eigenvalue weighted by Crippen LogP contribution is 2.38. The minimum Gasteiger partial charge on any atom is -0.457 e. The topological polar surface area (TPSA) is 84.0 Å². The first-order chi connectivity index (χ1) is 24.5. The fourth-order valence-electron chi connectivity index (χ4n) is 3.74. The number of allylic oxidation sites excluding steroid dienone is 3. The Morgan fingerprint density at radius 1 is 0.744 bits per heavy atom. The summed E-state index contributed by atoms with van der Waals surface area (Å²) < 4.78 is 118. The van der Waals surface area contributed by atoms with Crippen molar-refractivity contribution in [1.29, 1.82) is 0 Å². The van der Waals surface area contributed by atoms with E-state index in [-0.39, 0.29) is 46.4 Å². The number of hydrogen-bond acceptors (Lipinski definition) is 5. The van der Waals surface area contributed by atoms with E-state index in [4.69, 9.17) is 23.9 Å². The zero-order valence-corrected chi connectivity index (χ0v) is 21.1. The summed E-state index contributed by atoms with van der Waals surface area (Å²) in [6.07, 6.45) is -1.60. The second-order valence-electron chi connectivity index (χ2n) is 8.60. The smallest absolute Gasteiger partial charge is 0.261 e. The summed E-state index contributed by atoms with van der Waals surface area (Å²) >= 11 is 0. The van der Waals surface area contributed by atoms with Gasteiger partial charge in [0, 0.05) is 21.0 Å². The fourth-order valence-corrected chi connectivity index (χ4v) is 3.74. The number of nitrogens with zero attached hydrogens (tertiary/aromatic N) is 2. The summed E-state index contributed by atoms with van der Waals surface area (Å²) in [4.78, 5) is 51.0. The van der Waals surface area contributed by atoms with Crippen LogP contribution in [0.4, 0.5) is 0 Å². The molecule has 2 atom stereocenters. The molecule has 3 aromatic carbocycles. The van der Waals surface area contributed by atoms with Crippen LogP contribution in [0.3, 0.4) is 0 Å². The highest BCUT2D eigenvalue weighted by atomic mass is 16.5. The molecule has 0 bridgehead atoms. The molecular formula is C32H28N2O5. The van der Waals surface area contributed by atoms with Gasteiger partial charge in [-0.3, -0.25) is 29.0 Å². The first kappa shape index (κ1) is 13.8. The molecule has 3 aliphatic rings. The number of imide groups is 2. The minimum absolute atomic E-state index is 0.163. The first-order valence-electron chi connectivity index (χ1n) is 18.5. The predicted octanol–water partition coefficient (Wildman–Crippen LogP) is 5.34. The molecule has 0 aromatic heterocycles. The molecule has 7 heteroatoms. The van der Waals surface area contributed by atoms with Gasteiger partial charge in [-0.15, -0.1) is 0 Å². The van der Waals surface area contributed by atoms with Crippen LogP contribution >= 0.6 is 0 Å². The molecule has 0 spiro atoms. The quantitative estimate of drug-likeness (QED) is 0.424. The van der Waals surface area contributed by atoms with Crippen molar-refractivity contribution in [2.75, 3.05) is 14.1 Å². The van der Waals surface area contributed by atoms with Crippen molar-refractivity contribution in [3.63, 3.8) is 0 Å². The Morgan fingerprint density at radius 2 is 1.31 bits per heavy atom. The average Bonchev–Trinajstić information content (AvgIpc) is 3.50. The predicted molar refractivity (Wildman–Crippen MR) is 147 cm³/mol. The summed E-state index contributed by atoms with van der Waals surface area (Å²) in [5.41, 5.74) is -1.59. The van der Waals surface area contributed by atoms with Crippen LogP contribution in [-0.2, 0) is 9.59 Å². The van der Waals surface area contributed by atoms with Crippen LogP contribution in [-0.4, -0.2) is 47.5 Å². The van der Waals surface area contributed by atoms with E-state index in [1.807, 2.05) is 0 Å². The summed E-state index contributed by atoms with van der Waals surface area (Å²) in [7, 11) is 2.37. The monoisotopic (exact) mass is 534 g/mol. The SMILES string of the molecule is [2H]C1=C(c2c([2H])c([2H])c3c(c2[2H])C(=O)N(C)C3=O)C([2H])C2C(=O)N(C)C(=O)C2=C1[2H].[2H]c1c([2H])c(Oc2c([2H])c([2H])c(C)c([2H])c2[2H])c([2H])c([2H])c1C. The number of carbonyl (C=O) groups is 4. The van der Waals surface area contributed by atoms with Gasteiger partial charge in [-0.2, -0.15) is 0 Å². The third-order valence-electron chi connectivity index (χ3n) is 5.88. The lowest BCUT2D eigenvalue weighted by Crippen LogP contribution is -2.25. The van der Waals surface area contributed by atoms with Gasteiger partial charge in [0.25, 0.3) is 17.7 Å². The van der Waals surface area contributed by atoms with Crippen molar-refractivity contribution in [1.82, 2.24) is 9.80 Å². The molecule has 196 valence electrons. The van der Waals surface area contributed by atoms with Gasteiger partial charge >= 0.3 is 0 Å². The molecule has 0 N–H and O–H groups in total. The number of likely N-dealkylation sites (N-methyl/N-ethyl adjacent to an activating group) is 1. The van der Waals surface area contributed by atoms with Gasteiger partial charge in [0.2, 0.25) is 5.91 Å². The van der Waals surface area contributed by atoms with E-state index in [1.165, 1.54) is 27.9 Å². The lowest BCUT2D eigenvalue weighted by Gasteiger charge is -2.16. The van der Waals surface area contributed by atoms with Crippen LogP contribution in [0.5, 0.6) is 11.5 Å². The van der Waals surface area contributed by atoms with E-state index < -0.39 is 119 Å². The Balaban J connectivity index is 0.000000212. The maximum atomic E-state index is 12.5. The number of likely N-dealkylation sites (tertiary alicyclic amines) is 1. The summed E-state index contributed by atoms with van der Waals surface area (Å²) in [5, 5.41) is 0. The first-order valence-corrected chi connectivity index (χ1v) is 11.5. The van der Waals surface area contributed by atoms with Crippen LogP contribution in [0.25, 0.3) is 5.57 Å². The zero-order chi connectivity index (χ0) is 40.0. The van der Waals surface area contributed by atoms with Crippen molar-refractivity contribution in [3.05, 3.63) is 112 Å². The molecule has 0 radical (unpaired) electrons. The summed E-state index contributed by atoms with van der Waals surface area (Å²) in [6, 6.07) is -5.97. The maximum Gasteiger partial charge on any atom is 0.261 e. The molecule has 7 nitrogen and oxygen atoms in total. The Kier molecular flexibility index (Phi) is 3.61. The number of fused-ring (bicyclic) bond motifs is 2. The van der Waals surface area contributed by atoms with Gasteiger partial charge < -0.3 is 4.74 Å². The standard InChI is InChI=1S/C18H14N2O4.C14H14O/c1-19-15(21)11-5-3-9(7-13(11)17(19)23)10-4-6-12-14(8-10)18(24)20(2)16(12)22;1-11-3-7-13(8-4-11)15-14-9-5-12(2)6-10-14/h3-7,14H,8H2,1-2H3;3-10H,1-2H3/i3D,4D,5D,6D,7D,8D;3D,4D,5D,6D,7D,8D,9D,10D. The molecule has 39 heavy (non-hydrogen) atoms. The third-order valence-corrected chi connectivity index (χ3v) is 5.88. The zero-order valence-electron chi connectivity index (χ0n) is 35.1. The Hall–Kier alpha value is -4.78. The van der Waals surface area contributed by atoms with E-state index >= 15 is 0 Å². The van der Waals surface area contributed by atoms with E-state index in [0.717, 1.165) is 4.90 Å². The van der Waals surface area contributed by atoms with E-state index in [1.54, 1.807) is 0 Å². The molecule has 4 amide bonds. The molecule has 3 aromatic rings. The number of benzene rings is 3. The van der Waals surface area contributed by atoms with Crippen molar-refractivity contribution in [3.8, 4) is 11.5 Å². The maximum absolute atomic E-state index is 12.5. The second-order valence-corrected chi connectivity index (χ2v) is 8.60. The molecule has 2 aliphatic heterocycles. The van der Waals surface area contributed by atoms with Crippen molar-refractivity contribution >= 4 is 29.2 Å². The lowest BCUT2D eigenvalue weighted by molar-refractivity contribution is -0.137. The van der Waals surface area contributed by atoms with Crippen LogP contribution in [0.2, 0.25) is 0 Å². The number of hydrogen-bond donors (Lipinski definition) is 0. The van der Waals surface area contributed by atoms with Crippen LogP contribution in [0, 0.1) is 19.8 Å². The van der Waals surface area contributed by atoms with Crippen molar-refractivity contribution < 1.29 is 43.1 Å². The van der Waals surface area contributed by atoms with E-state index in [9.17, 15) is 19.2 Å². The molecule has 2 unspecified atom stereocenters.